The summed E-state index contributed by atoms with van der Waals surface area (Å²) in [7, 11) is 1.67. The van der Waals surface area contributed by atoms with Gasteiger partial charge in [-0.15, -0.1) is 0 Å². The van der Waals surface area contributed by atoms with Crippen LogP contribution < -0.4 is 16.0 Å². The van der Waals surface area contributed by atoms with Crippen molar-refractivity contribution in [3.63, 3.8) is 0 Å². The minimum Gasteiger partial charge on any atom is -0.359 e. The summed E-state index contributed by atoms with van der Waals surface area (Å²) in [5.41, 5.74) is -0.0700. The van der Waals surface area contributed by atoms with E-state index in [1.807, 2.05) is 13.8 Å². The molecule has 0 aromatic rings. The van der Waals surface area contributed by atoms with Crippen molar-refractivity contribution in [3.8, 4) is 0 Å². The van der Waals surface area contributed by atoms with Crippen LogP contribution in [0.25, 0.3) is 0 Å². The molecule has 0 atom stereocenters. The Kier molecular flexibility index (Phi) is 7.17. The number of nitrogens with one attached hydrogen (secondary N) is 3. The third-order valence-corrected chi connectivity index (χ3v) is 4.86. The van der Waals surface area contributed by atoms with Crippen molar-refractivity contribution in [2.24, 2.45) is 15.8 Å². The van der Waals surface area contributed by atoms with Gasteiger partial charge in [-0.25, -0.2) is 0 Å². The second-order valence-corrected chi connectivity index (χ2v) is 7.07. The first-order chi connectivity index (χ1) is 10.4. The number of carbonyl (C=O) groups excluding carboxylic acids is 1. The summed E-state index contributed by atoms with van der Waals surface area (Å²) < 4.78 is 0. The first kappa shape index (κ1) is 18.8. The van der Waals surface area contributed by atoms with E-state index in [1.54, 1.807) is 7.05 Å². The molecule has 3 N–H and O–H groups in total. The summed E-state index contributed by atoms with van der Waals surface area (Å²) in [6.45, 7) is 10.5. The van der Waals surface area contributed by atoms with E-state index in [9.17, 15) is 4.79 Å². The fraction of sp³-hybridized carbons (Fsp3) is 0.882. The molecule has 1 aliphatic carbocycles. The Morgan fingerprint density at radius 2 is 1.82 bits per heavy atom. The molecule has 0 aliphatic heterocycles. The topological polar surface area (TPSA) is 65.5 Å². The first-order valence-corrected chi connectivity index (χ1v) is 8.63. The molecule has 0 unspecified atom stereocenters. The van der Waals surface area contributed by atoms with Crippen LogP contribution in [0.1, 0.15) is 59.8 Å². The highest BCUT2D eigenvalue weighted by Gasteiger charge is 2.32. The number of hydrogen-bond donors (Lipinski definition) is 3. The average Bonchev–Trinajstić information content (AvgIpc) is 2.98. The van der Waals surface area contributed by atoms with Crippen molar-refractivity contribution in [2.45, 2.75) is 59.8 Å². The lowest BCUT2D eigenvalue weighted by molar-refractivity contribution is -0.128. The smallest absolute Gasteiger partial charge is 0.227 e. The second kappa shape index (κ2) is 8.39. The number of nitrogens with zero attached hydrogens (tertiary/aromatic N) is 1. The van der Waals surface area contributed by atoms with E-state index in [-0.39, 0.29) is 5.91 Å². The Hall–Kier alpha value is -1.26. The SMILES string of the molecule is CCNC(=NCC(C)(C)C(=O)NC)NCC1(CC)CCCC1. The summed E-state index contributed by atoms with van der Waals surface area (Å²) in [5.74, 6) is 0.840. The largest absolute Gasteiger partial charge is 0.359 e. The van der Waals surface area contributed by atoms with Crippen LogP contribution in [0, 0.1) is 10.8 Å². The first-order valence-electron chi connectivity index (χ1n) is 8.63. The number of aliphatic imine (C=N–C) groups is 1. The van der Waals surface area contributed by atoms with Gasteiger partial charge < -0.3 is 16.0 Å². The molecule has 1 aliphatic rings. The minimum atomic E-state index is -0.493. The van der Waals surface area contributed by atoms with Crippen LogP contribution in [0.3, 0.4) is 0 Å². The number of carbonyl (C=O) groups is 1. The number of amides is 1. The fourth-order valence-electron chi connectivity index (χ4n) is 3.08. The van der Waals surface area contributed by atoms with Gasteiger partial charge in [0, 0.05) is 20.1 Å². The summed E-state index contributed by atoms with van der Waals surface area (Å²) in [4.78, 5) is 16.5. The molecule has 0 radical (unpaired) electrons. The number of rotatable bonds is 7. The maximum absolute atomic E-state index is 11.8. The lowest BCUT2D eigenvalue weighted by atomic mass is 9.83. The van der Waals surface area contributed by atoms with E-state index < -0.39 is 5.41 Å². The molecule has 5 heteroatoms. The molecule has 1 fully saturated rings. The van der Waals surface area contributed by atoms with Gasteiger partial charge in [-0.3, -0.25) is 9.79 Å². The summed E-state index contributed by atoms with van der Waals surface area (Å²) in [5, 5.41) is 9.48. The van der Waals surface area contributed by atoms with Gasteiger partial charge in [0.1, 0.15) is 0 Å². The predicted octanol–water partition coefficient (Wildman–Crippen LogP) is 2.28. The minimum absolute atomic E-state index is 0.0212. The quantitative estimate of drug-likeness (QED) is 0.499. The van der Waals surface area contributed by atoms with Crippen LogP contribution in [-0.4, -0.2) is 38.5 Å². The highest BCUT2D eigenvalue weighted by molar-refractivity contribution is 5.83. The molecule has 1 amide bonds. The van der Waals surface area contributed by atoms with E-state index in [4.69, 9.17) is 0 Å². The van der Waals surface area contributed by atoms with Gasteiger partial charge in [-0.2, -0.15) is 0 Å². The molecule has 0 heterocycles. The number of guanidine groups is 1. The second-order valence-electron chi connectivity index (χ2n) is 7.07. The lowest BCUT2D eigenvalue weighted by Crippen LogP contribution is -2.44. The van der Waals surface area contributed by atoms with E-state index in [0.29, 0.717) is 12.0 Å². The molecule has 1 saturated carbocycles. The van der Waals surface area contributed by atoms with Gasteiger partial charge in [0.2, 0.25) is 5.91 Å². The van der Waals surface area contributed by atoms with Crippen LogP contribution >= 0.6 is 0 Å². The van der Waals surface area contributed by atoms with Gasteiger partial charge in [-0.05, 0) is 45.4 Å². The third-order valence-electron chi connectivity index (χ3n) is 4.86. The van der Waals surface area contributed by atoms with Crippen molar-refractivity contribution in [3.05, 3.63) is 0 Å². The van der Waals surface area contributed by atoms with Crippen LogP contribution in [0.5, 0.6) is 0 Å². The molecular formula is C17H34N4O. The molecule has 0 saturated heterocycles. The molecule has 22 heavy (non-hydrogen) atoms. The summed E-state index contributed by atoms with van der Waals surface area (Å²) in [6.07, 6.45) is 6.50. The monoisotopic (exact) mass is 310 g/mol. The molecular weight excluding hydrogens is 276 g/mol. The Morgan fingerprint density at radius 3 is 2.32 bits per heavy atom. The van der Waals surface area contributed by atoms with Crippen molar-refractivity contribution >= 4 is 11.9 Å². The fourth-order valence-corrected chi connectivity index (χ4v) is 3.08. The van der Waals surface area contributed by atoms with E-state index >= 15 is 0 Å². The van der Waals surface area contributed by atoms with E-state index in [1.165, 1.54) is 32.1 Å². The predicted molar refractivity (Wildman–Crippen MR) is 93.0 cm³/mol. The molecule has 0 spiro atoms. The Balaban J connectivity index is 2.64. The zero-order chi connectivity index (χ0) is 16.6. The van der Waals surface area contributed by atoms with E-state index in [0.717, 1.165) is 19.0 Å². The standard InChI is InChI=1S/C17H34N4O/c1-6-17(10-8-9-11-17)13-21-15(19-7-2)20-12-16(3,4)14(22)18-5/h6-13H2,1-5H3,(H,18,22)(H2,19,20,21). The average molecular weight is 310 g/mol. The van der Waals surface area contributed by atoms with Gasteiger partial charge in [0.05, 0.1) is 12.0 Å². The third kappa shape index (κ3) is 5.18. The van der Waals surface area contributed by atoms with Gasteiger partial charge in [-0.1, -0.05) is 19.8 Å². The van der Waals surface area contributed by atoms with Crippen molar-refractivity contribution in [1.29, 1.82) is 0 Å². The highest BCUT2D eigenvalue weighted by Crippen LogP contribution is 2.40. The summed E-state index contributed by atoms with van der Waals surface area (Å²) in [6, 6.07) is 0. The summed E-state index contributed by atoms with van der Waals surface area (Å²) >= 11 is 0. The van der Waals surface area contributed by atoms with Gasteiger partial charge >= 0.3 is 0 Å². The van der Waals surface area contributed by atoms with E-state index in [2.05, 4.69) is 34.8 Å². The normalized spacial score (nSPS) is 18.1. The molecule has 0 aromatic carbocycles. The highest BCUT2D eigenvalue weighted by atomic mass is 16.2. The Morgan fingerprint density at radius 1 is 1.18 bits per heavy atom. The van der Waals surface area contributed by atoms with Crippen LogP contribution in [0.15, 0.2) is 4.99 Å². The number of hydrogen-bond acceptors (Lipinski definition) is 2. The van der Waals surface area contributed by atoms with Crippen LogP contribution in [-0.2, 0) is 4.79 Å². The zero-order valence-electron chi connectivity index (χ0n) is 15.0. The molecule has 0 bridgehead atoms. The van der Waals surface area contributed by atoms with Gasteiger partial charge in [0.25, 0.3) is 0 Å². The maximum Gasteiger partial charge on any atom is 0.227 e. The lowest BCUT2D eigenvalue weighted by Gasteiger charge is -2.29. The molecule has 0 aromatic heterocycles. The van der Waals surface area contributed by atoms with Gasteiger partial charge in [0.15, 0.2) is 5.96 Å². The van der Waals surface area contributed by atoms with Crippen LogP contribution in [0.4, 0.5) is 0 Å². The molecule has 5 nitrogen and oxygen atoms in total. The maximum atomic E-state index is 11.8. The van der Waals surface area contributed by atoms with Crippen molar-refractivity contribution in [1.82, 2.24) is 16.0 Å². The molecule has 128 valence electrons. The van der Waals surface area contributed by atoms with Crippen molar-refractivity contribution in [2.75, 3.05) is 26.7 Å². The Bertz CT molecular complexity index is 384. The molecule has 1 rings (SSSR count). The zero-order valence-corrected chi connectivity index (χ0v) is 15.0. The van der Waals surface area contributed by atoms with Crippen molar-refractivity contribution < 1.29 is 4.79 Å². The Labute approximate surface area is 135 Å². The van der Waals surface area contributed by atoms with Crippen LogP contribution in [0.2, 0.25) is 0 Å².